The van der Waals surface area contributed by atoms with Gasteiger partial charge in [0.1, 0.15) is 0 Å². The number of likely N-dealkylation sites (N-methyl/N-ethyl adjacent to an activating group) is 1. The molecule has 0 N–H and O–H groups in total. The third-order valence-corrected chi connectivity index (χ3v) is 5.81. The molecule has 0 unspecified atom stereocenters. The molecule has 3 aromatic rings. The molecule has 1 aromatic heterocycles. The summed E-state index contributed by atoms with van der Waals surface area (Å²) < 4.78 is 43.0. The average molecular weight is 473 g/mol. The van der Waals surface area contributed by atoms with Gasteiger partial charge in [0.15, 0.2) is 0 Å². The van der Waals surface area contributed by atoms with Gasteiger partial charge in [-0.05, 0) is 49.3 Å². The second-order valence-corrected chi connectivity index (χ2v) is 8.09. The summed E-state index contributed by atoms with van der Waals surface area (Å²) in [6.45, 7) is 6.55. The van der Waals surface area contributed by atoms with Crippen LogP contribution in [0.15, 0.2) is 59.0 Å². The van der Waals surface area contributed by atoms with Gasteiger partial charge in [0.2, 0.25) is 5.89 Å². The van der Waals surface area contributed by atoms with Gasteiger partial charge in [-0.1, -0.05) is 37.3 Å². The Morgan fingerprint density at radius 2 is 1.74 bits per heavy atom. The number of para-hydroxylation sites is 1. The van der Waals surface area contributed by atoms with E-state index in [0.29, 0.717) is 25.2 Å². The van der Waals surface area contributed by atoms with Gasteiger partial charge >= 0.3 is 18.1 Å². The Morgan fingerprint density at radius 3 is 2.38 bits per heavy atom. The molecular weight excluding hydrogens is 447 g/mol. The largest absolute Gasteiger partial charge is 0.470 e. The Morgan fingerprint density at radius 1 is 1.00 bits per heavy atom. The minimum absolute atomic E-state index is 0.0695. The number of urea groups is 1. The molecule has 1 aliphatic rings. The van der Waals surface area contributed by atoms with Crippen LogP contribution in [0.1, 0.15) is 24.8 Å². The van der Waals surface area contributed by atoms with Crippen molar-refractivity contribution in [3.63, 3.8) is 0 Å². The molecular formula is C24H26F3N5O2. The van der Waals surface area contributed by atoms with E-state index in [0.717, 1.165) is 37.3 Å². The molecule has 180 valence electrons. The fourth-order valence-electron chi connectivity index (χ4n) is 3.92. The fourth-order valence-corrected chi connectivity index (χ4v) is 3.92. The molecule has 7 nitrogen and oxygen atoms in total. The van der Waals surface area contributed by atoms with Crippen LogP contribution in [0.3, 0.4) is 0 Å². The molecule has 0 atom stereocenters. The molecule has 2 heterocycles. The van der Waals surface area contributed by atoms with E-state index in [-0.39, 0.29) is 11.9 Å². The quantitative estimate of drug-likeness (QED) is 0.527. The Hall–Kier alpha value is -3.40. The van der Waals surface area contributed by atoms with Crippen molar-refractivity contribution in [2.45, 2.75) is 26.1 Å². The normalized spacial score (nSPS) is 15.2. The van der Waals surface area contributed by atoms with Crippen molar-refractivity contribution in [3.05, 3.63) is 66.1 Å². The number of hydrogen-bond acceptors (Lipinski definition) is 5. The predicted octanol–water partition coefficient (Wildman–Crippen LogP) is 4.91. The van der Waals surface area contributed by atoms with Crippen LogP contribution in [0.2, 0.25) is 0 Å². The summed E-state index contributed by atoms with van der Waals surface area (Å²) in [6.07, 6.45) is -3.77. The number of aromatic nitrogens is 2. The van der Waals surface area contributed by atoms with Crippen LogP contribution in [-0.2, 0) is 12.7 Å². The van der Waals surface area contributed by atoms with Crippen molar-refractivity contribution in [2.75, 3.05) is 37.6 Å². The fraction of sp³-hybridized carbons (Fsp3) is 0.375. The van der Waals surface area contributed by atoms with Gasteiger partial charge in [0.25, 0.3) is 0 Å². The molecule has 0 bridgehead atoms. The standard InChI is InChI=1S/C24H26F3N5O2/c1-2-30-13-6-14-31(16-15-30)23(33)32(20-7-4-3-5-8-20)17-18-9-11-19(12-10-18)21-28-29-22(34-21)24(25,26)27/h3-5,7-12H,2,6,13-17H2,1H3. The molecule has 1 fully saturated rings. The maximum Gasteiger partial charge on any atom is 0.470 e. The second kappa shape index (κ2) is 10.3. The lowest BCUT2D eigenvalue weighted by Gasteiger charge is -2.30. The molecule has 4 rings (SSSR count). The smallest absolute Gasteiger partial charge is 0.413 e. The van der Waals surface area contributed by atoms with Crippen LogP contribution in [-0.4, -0.2) is 58.8 Å². The van der Waals surface area contributed by atoms with Crippen LogP contribution in [0.5, 0.6) is 0 Å². The Bertz CT molecular complexity index is 1090. The zero-order chi connectivity index (χ0) is 24.1. The topological polar surface area (TPSA) is 65.7 Å². The minimum atomic E-state index is -4.69. The first-order valence-corrected chi connectivity index (χ1v) is 11.2. The lowest BCUT2D eigenvalue weighted by atomic mass is 10.1. The van der Waals surface area contributed by atoms with Gasteiger partial charge < -0.3 is 14.2 Å². The van der Waals surface area contributed by atoms with Crippen LogP contribution in [0.25, 0.3) is 11.5 Å². The van der Waals surface area contributed by atoms with E-state index in [1.807, 2.05) is 35.2 Å². The van der Waals surface area contributed by atoms with E-state index in [4.69, 9.17) is 4.42 Å². The number of alkyl halides is 3. The zero-order valence-electron chi connectivity index (χ0n) is 18.8. The van der Waals surface area contributed by atoms with E-state index in [2.05, 4.69) is 22.0 Å². The molecule has 2 aromatic carbocycles. The number of carbonyl (C=O) groups is 1. The highest BCUT2D eigenvalue weighted by molar-refractivity contribution is 5.92. The molecule has 1 aliphatic heterocycles. The molecule has 1 saturated heterocycles. The lowest BCUT2D eigenvalue weighted by Crippen LogP contribution is -2.44. The third kappa shape index (κ3) is 5.56. The minimum Gasteiger partial charge on any atom is -0.413 e. The first-order valence-electron chi connectivity index (χ1n) is 11.2. The molecule has 2 amide bonds. The average Bonchev–Trinajstić information content (AvgIpc) is 3.23. The number of amides is 2. The Kier molecular flexibility index (Phi) is 7.16. The summed E-state index contributed by atoms with van der Waals surface area (Å²) in [4.78, 5) is 19.5. The van der Waals surface area contributed by atoms with E-state index in [9.17, 15) is 18.0 Å². The summed E-state index contributed by atoms with van der Waals surface area (Å²) >= 11 is 0. The highest BCUT2D eigenvalue weighted by Gasteiger charge is 2.38. The SMILES string of the molecule is CCN1CCCN(C(=O)N(Cc2ccc(-c3nnc(C(F)(F)F)o3)cc2)c2ccccc2)CC1. The monoisotopic (exact) mass is 473 g/mol. The van der Waals surface area contributed by atoms with Gasteiger partial charge in [-0.3, -0.25) is 4.90 Å². The molecule has 10 heteroatoms. The highest BCUT2D eigenvalue weighted by atomic mass is 19.4. The van der Waals surface area contributed by atoms with E-state index < -0.39 is 12.1 Å². The van der Waals surface area contributed by atoms with Gasteiger partial charge in [-0.15, -0.1) is 10.2 Å². The number of rotatable bonds is 5. The molecule has 0 saturated carbocycles. The van der Waals surface area contributed by atoms with Crippen LogP contribution in [0, 0.1) is 0 Å². The number of anilines is 1. The van der Waals surface area contributed by atoms with Crippen molar-refractivity contribution >= 4 is 11.7 Å². The summed E-state index contributed by atoms with van der Waals surface area (Å²) in [6, 6.07) is 16.1. The van der Waals surface area contributed by atoms with Crippen molar-refractivity contribution in [1.29, 1.82) is 0 Å². The lowest BCUT2D eigenvalue weighted by molar-refractivity contribution is -0.156. The van der Waals surface area contributed by atoms with Gasteiger partial charge in [-0.2, -0.15) is 13.2 Å². The van der Waals surface area contributed by atoms with Crippen molar-refractivity contribution in [1.82, 2.24) is 20.0 Å². The Labute approximate surface area is 195 Å². The molecule has 0 aliphatic carbocycles. The summed E-state index contributed by atoms with van der Waals surface area (Å²) in [5, 5.41) is 6.56. The van der Waals surface area contributed by atoms with Crippen molar-refractivity contribution in [2.24, 2.45) is 0 Å². The second-order valence-electron chi connectivity index (χ2n) is 8.09. The van der Waals surface area contributed by atoms with Crippen LogP contribution < -0.4 is 4.90 Å². The Balaban J connectivity index is 1.53. The predicted molar refractivity (Wildman–Crippen MR) is 121 cm³/mol. The van der Waals surface area contributed by atoms with Crippen LogP contribution in [0.4, 0.5) is 23.7 Å². The summed E-state index contributed by atoms with van der Waals surface area (Å²) in [5.41, 5.74) is 1.97. The zero-order valence-corrected chi connectivity index (χ0v) is 18.8. The van der Waals surface area contributed by atoms with Gasteiger partial charge in [0.05, 0.1) is 6.54 Å². The number of hydrogen-bond donors (Lipinski definition) is 0. The molecule has 34 heavy (non-hydrogen) atoms. The number of carbonyl (C=O) groups excluding carboxylic acids is 1. The number of halogens is 3. The first kappa shape index (κ1) is 23.7. The summed E-state index contributed by atoms with van der Waals surface area (Å²) in [7, 11) is 0. The van der Waals surface area contributed by atoms with E-state index in [1.165, 1.54) is 0 Å². The first-order chi connectivity index (χ1) is 16.3. The summed E-state index contributed by atoms with van der Waals surface area (Å²) in [5.74, 6) is -1.59. The van der Waals surface area contributed by atoms with Crippen LogP contribution >= 0.6 is 0 Å². The maximum atomic E-state index is 13.5. The molecule has 0 spiro atoms. The van der Waals surface area contributed by atoms with Crippen molar-refractivity contribution in [3.8, 4) is 11.5 Å². The van der Waals surface area contributed by atoms with E-state index in [1.54, 1.807) is 29.2 Å². The highest BCUT2D eigenvalue weighted by Crippen LogP contribution is 2.30. The maximum absolute atomic E-state index is 13.5. The van der Waals surface area contributed by atoms with Crippen molar-refractivity contribution < 1.29 is 22.4 Å². The van der Waals surface area contributed by atoms with E-state index >= 15 is 0 Å². The molecule has 0 radical (unpaired) electrons. The third-order valence-electron chi connectivity index (χ3n) is 5.81. The number of nitrogens with zero attached hydrogens (tertiary/aromatic N) is 5. The van der Waals surface area contributed by atoms with Gasteiger partial charge in [-0.25, -0.2) is 4.79 Å². The number of benzene rings is 2. The van der Waals surface area contributed by atoms with Gasteiger partial charge in [0, 0.05) is 30.9 Å².